The Morgan fingerprint density at radius 2 is 1.23 bits per heavy atom. The summed E-state index contributed by atoms with van der Waals surface area (Å²) in [6.45, 7) is 41.9. The molecule has 4 aromatic rings. The van der Waals surface area contributed by atoms with E-state index in [4.69, 9.17) is 9.97 Å². The van der Waals surface area contributed by atoms with Crippen LogP contribution in [-0.4, -0.2) is 57.1 Å². The number of allylic oxidation sites excluding steroid dienone is 1. The monoisotopic (exact) mass is 823 g/mol. The molecule has 60 heavy (non-hydrogen) atoms. The van der Waals surface area contributed by atoms with Crippen molar-refractivity contribution in [1.82, 2.24) is 29.3 Å². The molecule has 1 aliphatic heterocycles. The summed E-state index contributed by atoms with van der Waals surface area (Å²) in [5.41, 5.74) is 13.1. The Hall–Kier alpha value is -4.04. The zero-order valence-electron chi connectivity index (χ0n) is 41.4. The third-order valence-corrected chi connectivity index (χ3v) is 11.4. The van der Waals surface area contributed by atoms with Gasteiger partial charge in [0.25, 0.3) is 5.56 Å². The van der Waals surface area contributed by atoms with Gasteiger partial charge in [0.1, 0.15) is 5.82 Å². The van der Waals surface area contributed by atoms with Crippen LogP contribution in [0.5, 0.6) is 0 Å². The van der Waals surface area contributed by atoms with E-state index in [1.54, 1.807) is 0 Å². The summed E-state index contributed by atoms with van der Waals surface area (Å²) in [6.07, 6.45) is 0. The fourth-order valence-corrected chi connectivity index (χ4v) is 8.38. The van der Waals surface area contributed by atoms with Gasteiger partial charge < -0.3 is 14.8 Å². The minimum Gasteiger partial charge on any atom is -0.351 e. The molecule has 0 bridgehead atoms. The van der Waals surface area contributed by atoms with Gasteiger partial charge in [0.05, 0.1) is 5.69 Å². The molecule has 0 saturated carbocycles. The molecular formula is C52H82N6O2. The zero-order valence-corrected chi connectivity index (χ0v) is 41.4. The highest BCUT2D eigenvalue weighted by molar-refractivity contribution is 6.03. The van der Waals surface area contributed by atoms with Crippen molar-refractivity contribution in [3.8, 4) is 0 Å². The van der Waals surface area contributed by atoms with E-state index in [1.807, 2.05) is 18.7 Å². The molecule has 1 N–H and O–H groups in total. The number of nitrogens with one attached hydrogen (secondary N) is 1. The van der Waals surface area contributed by atoms with E-state index in [2.05, 4.69) is 170 Å². The number of pyridine rings is 1. The number of rotatable bonds is 11. The van der Waals surface area contributed by atoms with Gasteiger partial charge in [0.2, 0.25) is 5.91 Å². The van der Waals surface area contributed by atoms with Gasteiger partial charge in [-0.05, 0) is 104 Å². The van der Waals surface area contributed by atoms with Crippen molar-refractivity contribution in [1.29, 1.82) is 0 Å². The molecule has 0 radical (unpaired) electrons. The standard InChI is InChI=1S/C20H26N2O.C17H31N3O.C15H25N/c1-12(2)18-17-11-15-10-14(5)6-7-16(15)22(17)9-8-21-20(23)19(18)13(3)4;1-11(2)14-15(12(3)4)18-16(13(5)6)20(17(14)21)10-9-19(7)8;1-9(2)13-8-14(10(3)4)15(11(5)6)16-12(13)7/h6-7,10-13H,8-9H2,1-5H3,(H,21,23);11-13H,9-10H2,1-8H3;8-11H,1-7H3/b19-18-;;. The van der Waals surface area contributed by atoms with Crippen molar-refractivity contribution < 1.29 is 4.79 Å². The Morgan fingerprint density at radius 3 is 1.72 bits per heavy atom. The number of likely N-dealkylation sites (N-methyl/N-ethyl adjacent to an activating group) is 1. The van der Waals surface area contributed by atoms with Crippen LogP contribution in [-0.2, 0) is 17.9 Å². The lowest BCUT2D eigenvalue weighted by Gasteiger charge is -2.25. The third kappa shape index (κ3) is 12.1. The average molecular weight is 823 g/mol. The molecule has 0 saturated heterocycles. The van der Waals surface area contributed by atoms with Crippen LogP contribution in [0.1, 0.15) is 197 Å². The number of carbonyl (C=O) groups excluding carboxylic acids is 1. The topological polar surface area (TPSA) is 85.0 Å². The molecule has 0 atom stereocenters. The molecule has 0 fully saturated rings. The molecule has 1 amide bonds. The van der Waals surface area contributed by atoms with E-state index in [0.717, 1.165) is 35.7 Å². The van der Waals surface area contributed by atoms with Crippen molar-refractivity contribution >= 4 is 22.4 Å². The molecule has 5 rings (SSSR count). The highest BCUT2D eigenvalue weighted by Crippen LogP contribution is 2.36. The highest BCUT2D eigenvalue weighted by Gasteiger charge is 2.27. The van der Waals surface area contributed by atoms with Crippen molar-refractivity contribution in [3.63, 3.8) is 0 Å². The van der Waals surface area contributed by atoms with Crippen molar-refractivity contribution in [2.45, 2.75) is 173 Å². The molecule has 0 spiro atoms. The molecule has 0 unspecified atom stereocenters. The second-order valence-corrected chi connectivity index (χ2v) is 19.7. The fraction of sp³-hybridized carbons (Fsp3) is 0.615. The summed E-state index contributed by atoms with van der Waals surface area (Å²) in [7, 11) is 4.05. The van der Waals surface area contributed by atoms with Crippen LogP contribution in [0.25, 0.3) is 16.5 Å². The Kier molecular flexibility index (Phi) is 18.2. The number of aryl methyl sites for hydroxylation is 2. The predicted molar refractivity (Wildman–Crippen MR) is 257 cm³/mol. The fourth-order valence-electron chi connectivity index (χ4n) is 8.38. The number of aromatic nitrogens is 4. The number of hydrogen-bond acceptors (Lipinski definition) is 5. The van der Waals surface area contributed by atoms with Gasteiger partial charge in [0.15, 0.2) is 0 Å². The smallest absolute Gasteiger partial charge is 0.257 e. The molecular weight excluding hydrogens is 741 g/mol. The minimum atomic E-state index is 0.0939. The average Bonchev–Trinajstić information content (AvgIpc) is 3.47. The molecule has 0 aliphatic carbocycles. The number of hydrogen-bond donors (Lipinski definition) is 1. The maximum absolute atomic E-state index is 13.0. The molecule has 8 heteroatoms. The lowest BCUT2D eigenvalue weighted by atomic mass is 9.87. The molecule has 1 aliphatic rings. The molecule has 4 heterocycles. The third-order valence-electron chi connectivity index (χ3n) is 11.4. The number of carbonyl (C=O) groups is 1. The summed E-state index contributed by atoms with van der Waals surface area (Å²) in [5.74, 6) is 3.88. The maximum Gasteiger partial charge on any atom is 0.257 e. The van der Waals surface area contributed by atoms with Gasteiger partial charge in [-0.3, -0.25) is 19.1 Å². The van der Waals surface area contributed by atoms with Crippen LogP contribution in [0.4, 0.5) is 0 Å². The Morgan fingerprint density at radius 1 is 0.650 bits per heavy atom. The van der Waals surface area contributed by atoms with Crippen LogP contribution in [0.3, 0.4) is 0 Å². The van der Waals surface area contributed by atoms with Crippen molar-refractivity contribution in [3.05, 3.63) is 97.1 Å². The van der Waals surface area contributed by atoms with E-state index in [-0.39, 0.29) is 35.1 Å². The Balaban J connectivity index is 0.000000245. The van der Waals surface area contributed by atoms with Crippen LogP contribution in [0.15, 0.2) is 40.7 Å². The van der Waals surface area contributed by atoms with Crippen LogP contribution in [0.2, 0.25) is 0 Å². The van der Waals surface area contributed by atoms with Crippen molar-refractivity contribution in [2.24, 2.45) is 11.8 Å². The van der Waals surface area contributed by atoms with Gasteiger partial charge in [-0.15, -0.1) is 0 Å². The summed E-state index contributed by atoms with van der Waals surface area (Å²) in [6, 6.07) is 11.2. The first-order valence-corrected chi connectivity index (χ1v) is 22.8. The van der Waals surface area contributed by atoms with Gasteiger partial charge in [0, 0.05) is 71.2 Å². The highest BCUT2D eigenvalue weighted by atomic mass is 16.1. The van der Waals surface area contributed by atoms with Crippen LogP contribution >= 0.6 is 0 Å². The number of fused-ring (bicyclic) bond motifs is 3. The van der Waals surface area contributed by atoms with E-state index in [1.165, 1.54) is 50.2 Å². The molecule has 3 aromatic heterocycles. The summed E-state index contributed by atoms with van der Waals surface area (Å²) < 4.78 is 4.25. The Bertz CT molecular complexity index is 2160. The molecule has 1 aromatic carbocycles. The summed E-state index contributed by atoms with van der Waals surface area (Å²) >= 11 is 0. The first-order valence-electron chi connectivity index (χ1n) is 22.8. The first-order chi connectivity index (χ1) is 27.9. The van der Waals surface area contributed by atoms with E-state index >= 15 is 0 Å². The second-order valence-electron chi connectivity index (χ2n) is 19.7. The summed E-state index contributed by atoms with van der Waals surface area (Å²) in [4.78, 5) is 37.4. The number of amides is 1. The minimum absolute atomic E-state index is 0.0939. The van der Waals surface area contributed by atoms with E-state index in [0.29, 0.717) is 36.8 Å². The lowest BCUT2D eigenvalue weighted by molar-refractivity contribution is -0.117. The number of benzene rings is 1. The van der Waals surface area contributed by atoms with E-state index in [9.17, 15) is 9.59 Å². The van der Waals surface area contributed by atoms with Crippen LogP contribution < -0.4 is 10.9 Å². The predicted octanol–water partition coefficient (Wildman–Crippen LogP) is 12.1. The quantitative estimate of drug-likeness (QED) is 0.163. The largest absolute Gasteiger partial charge is 0.351 e. The van der Waals surface area contributed by atoms with Gasteiger partial charge in [-0.1, -0.05) is 128 Å². The zero-order chi connectivity index (χ0) is 45.5. The molecule has 8 nitrogen and oxygen atoms in total. The lowest BCUT2D eigenvalue weighted by Crippen LogP contribution is -2.34. The SMILES string of the molecule is CC(C)c1nc(C(C)C)n(CCN(C)C)c(=O)c1C(C)C.Cc1ccc2c(c1)cc1n2CCNC(=O)/C(C(C)C)=C\1C(C)C.Cc1nc(C(C)C)c(C(C)C)cc1C(C)C. The normalized spacial score (nSPS) is 14.7. The second kappa shape index (κ2) is 21.7. The number of nitrogens with zero attached hydrogens (tertiary/aromatic N) is 5. The summed E-state index contributed by atoms with van der Waals surface area (Å²) in [5, 5.41) is 4.35. The van der Waals surface area contributed by atoms with E-state index < -0.39 is 0 Å². The van der Waals surface area contributed by atoms with Crippen molar-refractivity contribution in [2.75, 3.05) is 27.2 Å². The van der Waals surface area contributed by atoms with Gasteiger partial charge in [-0.2, -0.15) is 0 Å². The molecule has 332 valence electrons. The van der Waals surface area contributed by atoms with Gasteiger partial charge in [-0.25, -0.2) is 4.98 Å². The maximum atomic E-state index is 13.0. The first kappa shape index (κ1) is 50.3. The van der Waals surface area contributed by atoms with Crippen LogP contribution in [0, 0.1) is 25.7 Å². The van der Waals surface area contributed by atoms with Gasteiger partial charge >= 0.3 is 0 Å². The Labute approximate surface area is 364 Å².